The van der Waals surface area contributed by atoms with Crippen molar-refractivity contribution in [3.05, 3.63) is 85.1 Å². The van der Waals surface area contributed by atoms with Crippen molar-refractivity contribution in [3.63, 3.8) is 0 Å². The molecule has 1 amide bonds. The predicted octanol–water partition coefficient (Wildman–Crippen LogP) is 16.0. The van der Waals surface area contributed by atoms with Crippen molar-refractivity contribution in [1.29, 1.82) is 0 Å². The minimum absolute atomic E-state index is 0.0872. The van der Waals surface area contributed by atoms with Gasteiger partial charge in [-0.05, 0) is 77.0 Å². The first kappa shape index (κ1) is 55.6. The molecule has 0 aliphatic heterocycles. The van der Waals surface area contributed by atoms with E-state index in [0.29, 0.717) is 6.42 Å². The molecule has 0 radical (unpaired) electrons. The van der Waals surface area contributed by atoms with E-state index in [4.69, 9.17) is 0 Å². The highest BCUT2D eigenvalue weighted by molar-refractivity contribution is 5.76. The monoisotopic (exact) mass is 806 g/mol. The number of carbonyl (C=O) groups is 1. The third-order valence-electron chi connectivity index (χ3n) is 10.9. The Morgan fingerprint density at radius 3 is 1.21 bits per heavy atom. The summed E-state index contributed by atoms with van der Waals surface area (Å²) in [5.74, 6) is -0.0872. The van der Waals surface area contributed by atoms with E-state index in [-0.39, 0.29) is 12.5 Å². The van der Waals surface area contributed by atoms with Gasteiger partial charge in [-0.3, -0.25) is 4.79 Å². The van der Waals surface area contributed by atoms with Gasteiger partial charge in [-0.1, -0.05) is 234 Å². The summed E-state index contributed by atoms with van der Waals surface area (Å²) in [5.41, 5.74) is 0. The minimum Gasteiger partial charge on any atom is -0.394 e. The molecule has 58 heavy (non-hydrogen) atoms. The maximum absolute atomic E-state index is 12.4. The largest absolute Gasteiger partial charge is 0.394 e. The number of rotatable bonds is 44. The van der Waals surface area contributed by atoms with Crippen molar-refractivity contribution in [2.75, 3.05) is 6.61 Å². The molecule has 334 valence electrons. The summed E-state index contributed by atoms with van der Waals surface area (Å²) < 4.78 is 0. The van der Waals surface area contributed by atoms with Gasteiger partial charge in [0.1, 0.15) is 0 Å². The lowest BCUT2D eigenvalue weighted by molar-refractivity contribution is -0.123. The first-order chi connectivity index (χ1) is 28.7. The fraction of sp³-hybridized carbons (Fsp3) is 0.722. The van der Waals surface area contributed by atoms with Gasteiger partial charge in [0.05, 0.1) is 18.8 Å². The summed E-state index contributed by atoms with van der Waals surface area (Å²) in [6.07, 6.45) is 71.4. The van der Waals surface area contributed by atoms with Crippen LogP contribution in [-0.4, -0.2) is 34.9 Å². The summed E-state index contributed by atoms with van der Waals surface area (Å²) in [7, 11) is 0. The van der Waals surface area contributed by atoms with Crippen LogP contribution in [0.1, 0.15) is 232 Å². The topological polar surface area (TPSA) is 69.6 Å². The Labute approximate surface area is 361 Å². The number of aliphatic hydroxyl groups is 2. The molecule has 0 aromatic heterocycles. The van der Waals surface area contributed by atoms with Crippen LogP contribution in [0, 0.1) is 0 Å². The second kappa shape index (κ2) is 48.9. The average molecular weight is 806 g/mol. The second-order valence-electron chi connectivity index (χ2n) is 16.5. The molecule has 0 aromatic rings. The van der Waals surface area contributed by atoms with Crippen LogP contribution in [0.25, 0.3) is 0 Å². The number of amides is 1. The maximum atomic E-state index is 12.4. The van der Waals surface area contributed by atoms with Crippen LogP contribution in [-0.2, 0) is 4.79 Å². The van der Waals surface area contributed by atoms with Gasteiger partial charge in [-0.2, -0.15) is 0 Å². The molecular formula is C54H95NO3. The molecule has 0 spiro atoms. The van der Waals surface area contributed by atoms with E-state index in [9.17, 15) is 15.0 Å². The Kier molecular flexibility index (Phi) is 46.9. The van der Waals surface area contributed by atoms with Crippen LogP contribution >= 0.6 is 0 Å². The van der Waals surface area contributed by atoms with Crippen molar-refractivity contribution in [2.45, 2.75) is 244 Å². The lowest BCUT2D eigenvalue weighted by Gasteiger charge is -2.19. The van der Waals surface area contributed by atoms with Gasteiger partial charge in [-0.15, -0.1) is 0 Å². The summed E-state index contributed by atoms with van der Waals surface area (Å²) >= 11 is 0. The van der Waals surface area contributed by atoms with E-state index in [0.717, 1.165) is 77.0 Å². The molecule has 0 saturated carbocycles. The summed E-state index contributed by atoms with van der Waals surface area (Å²) in [6.45, 7) is 4.18. The average Bonchev–Trinajstić information content (AvgIpc) is 3.23. The molecule has 4 nitrogen and oxygen atoms in total. The summed E-state index contributed by atoms with van der Waals surface area (Å²) in [6, 6.07) is -0.651. The van der Waals surface area contributed by atoms with Crippen LogP contribution in [0.4, 0.5) is 0 Å². The zero-order valence-electron chi connectivity index (χ0n) is 38.3. The van der Waals surface area contributed by atoms with E-state index in [1.165, 1.54) is 135 Å². The van der Waals surface area contributed by atoms with Gasteiger partial charge in [0.2, 0.25) is 5.91 Å². The number of aliphatic hydroxyl groups excluding tert-OH is 2. The third-order valence-corrected chi connectivity index (χ3v) is 10.9. The third kappa shape index (κ3) is 44.7. The number of carbonyl (C=O) groups excluding carboxylic acids is 1. The van der Waals surface area contributed by atoms with Crippen LogP contribution in [0.3, 0.4) is 0 Å². The van der Waals surface area contributed by atoms with Gasteiger partial charge in [0, 0.05) is 6.42 Å². The van der Waals surface area contributed by atoms with Crippen molar-refractivity contribution in [1.82, 2.24) is 5.32 Å². The quantitative estimate of drug-likeness (QED) is 0.0424. The first-order valence-corrected chi connectivity index (χ1v) is 24.8. The van der Waals surface area contributed by atoms with Gasteiger partial charge in [0.25, 0.3) is 0 Å². The number of nitrogens with one attached hydrogen (secondary N) is 1. The molecule has 3 N–H and O–H groups in total. The molecule has 0 aromatic carbocycles. The van der Waals surface area contributed by atoms with Crippen LogP contribution in [0.15, 0.2) is 85.1 Å². The van der Waals surface area contributed by atoms with Crippen molar-refractivity contribution >= 4 is 5.91 Å². The Morgan fingerprint density at radius 1 is 0.431 bits per heavy atom. The highest BCUT2D eigenvalue weighted by Crippen LogP contribution is 2.15. The van der Waals surface area contributed by atoms with Crippen molar-refractivity contribution in [2.24, 2.45) is 0 Å². The SMILES string of the molecule is CC/C=C\C/C=C\C/C=C\C/C=C\C/C=C\CCCCCCCCCC(=O)NC(CO)C(O)/C=C/CC/C=C/CCCCCCCCCCCCCCCCCCC. The van der Waals surface area contributed by atoms with Crippen molar-refractivity contribution in [3.8, 4) is 0 Å². The zero-order valence-corrected chi connectivity index (χ0v) is 38.3. The highest BCUT2D eigenvalue weighted by Gasteiger charge is 2.17. The van der Waals surface area contributed by atoms with Crippen LogP contribution in [0.2, 0.25) is 0 Å². The Balaban J connectivity index is 3.63. The zero-order chi connectivity index (χ0) is 42.1. The standard InChI is InChI=1S/C54H95NO3/c1-3-5-7-9-11-13-15-17-19-21-23-25-27-29-31-33-35-37-39-41-43-45-47-49-53(57)52(51-56)55-54(58)50-48-46-44-42-40-38-36-34-32-30-28-26-24-22-20-18-16-14-12-10-8-6-4-2/h6,8,12,14,18,20,24,26,30,32,39,41,47,49,52-53,56-57H,3-5,7,9-11,13,15-17,19,21-23,25,27-29,31,33-38,40,42-46,48,50-51H2,1-2H3,(H,55,58)/b8-6-,14-12-,20-18-,26-24-,32-30-,41-39+,49-47+. The van der Waals surface area contributed by atoms with E-state index in [1.807, 2.05) is 6.08 Å². The highest BCUT2D eigenvalue weighted by atomic mass is 16.3. The van der Waals surface area contributed by atoms with Gasteiger partial charge in [-0.25, -0.2) is 0 Å². The number of hydrogen-bond acceptors (Lipinski definition) is 3. The van der Waals surface area contributed by atoms with Gasteiger partial charge < -0.3 is 15.5 Å². The molecule has 0 bridgehead atoms. The smallest absolute Gasteiger partial charge is 0.220 e. The molecule has 0 aliphatic carbocycles. The van der Waals surface area contributed by atoms with Crippen LogP contribution in [0.5, 0.6) is 0 Å². The Bertz CT molecular complexity index is 1050. The second-order valence-corrected chi connectivity index (χ2v) is 16.5. The molecule has 0 fully saturated rings. The van der Waals surface area contributed by atoms with E-state index in [2.05, 4.69) is 92.1 Å². The summed E-state index contributed by atoms with van der Waals surface area (Å²) in [4.78, 5) is 12.4. The lowest BCUT2D eigenvalue weighted by atomic mass is 10.0. The normalized spacial score (nSPS) is 13.7. The number of allylic oxidation sites excluding steroid dienone is 13. The Morgan fingerprint density at radius 2 is 0.776 bits per heavy atom. The van der Waals surface area contributed by atoms with Gasteiger partial charge >= 0.3 is 0 Å². The van der Waals surface area contributed by atoms with Gasteiger partial charge in [0.15, 0.2) is 0 Å². The summed E-state index contributed by atoms with van der Waals surface area (Å²) in [5, 5.41) is 23.1. The molecule has 4 heteroatoms. The maximum Gasteiger partial charge on any atom is 0.220 e. The fourth-order valence-electron chi connectivity index (χ4n) is 7.10. The van der Waals surface area contributed by atoms with E-state index in [1.54, 1.807) is 6.08 Å². The molecule has 2 atom stereocenters. The van der Waals surface area contributed by atoms with Crippen molar-refractivity contribution < 1.29 is 15.0 Å². The Hall–Kier alpha value is -2.43. The molecule has 0 aliphatic rings. The molecule has 0 heterocycles. The molecular weight excluding hydrogens is 711 g/mol. The van der Waals surface area contributed by atoms with E-state index >= 15 is 0 Å². The van der Waals surface area contributed by atoms with E-state index < -0.39 is 12.1 Å². The molecule has 0 saturated heterocycles. The minimum atomic E-state index is -0.873. The first-order valence-electron chi connectivity index (χ1n) is 24.8. The molecule has 0 rings (SSSR count). The lowest BCUT2D eigenvalue weighted by Crippen LogP contribution is -2.45. The molecule has 2 unspecified atom stereocenters. The predicted molar refractivity (Wildman–Crippen MR) is 257 cm³/mol. The van der Waals surface area contributed by atoms with Crippen LogP contribution < -0.4 is 5.32 Å². The fourth-order valence-corrected chi connectivity index (χ4v) is 7.10. The number of hydrogen-bond donors (Lipinski definition) is 3. The number of unbranched alkanes of at least 4 members (excludes halogenated alkanes) is 25.